The van der Waals surface area contributed by atoms with Crippen LogP contribution in [0.15, 0.2) is 60.8 Å². The van der Waals surface area contributed by atoms with Gasteiger partial charge in [-0.3, -0.25) is 14.4 Å². The molecule has 1 aliphatic heterocycles. The number of aromatic nitrogens is 1. The van der Waals surface area contributed by atoms with Gasteiger partial charge in [0.2, 0.25) is 17.7 Å². The van der Waals surface area contributed by atoms with Crippen LogP contribution in [-0.2, 0) is 31.0 Å². The summed E-state index contributed by atoms with van der Waals surface area (Å²) in [6.07, 6.45) is 2.08. The number of primary amides is 1. The van der Waals surface area contributed by atoms with Crippen molar-refractivity contribution in [3.05, 3.63) is 71.9 Å². The molecule has 42 heavy (non-hydrogen) atoms. The van der Waals surface area contributed by atoms with E-state index in [0.717, 1.165) is 22.0 Å². The number of likely N-dealkylation sites (tertiary alicyclic amines) is 1. The van der Waals surface area contributed by atoms with Crippen molar-refractivity contribution in [2.24, 2.45) is 5.73 Å². The maximum Gasteiger partial charge on any atom is 0.408 e. The van der Waals surface area contributed by atoms with Gasteiger partial charge in [0.05, 0.1) is 5.41 Å². The molecule has 2 heterocycles. The van der Waals surface area contributed by atoms with Gasteiger partial charge in [-0.15, -0.1) is 0 Å². The van der Waals surface area contributed by atoms with Gasteiger partial charge in [0.25, 0.3) is 0 Å². The molecule has 0 saturated carbocycles. The summed E-state index contributed by atoms with van der Waals surface area (Å²) in [7, 11) is 0. The van der Waals surface area contributed by atoms with E-state index in [1.807, 2.05) is 60.8 Å². The van der Waals surface area contributed by atoms with Gasteiger partial charge < -0.3 is 31.0 Å². The second-order valence-corrected chi connectivity index (χ2v) is 12.5. The first-order valence-electron chi connectivity index (χ1n) is 14.2. The zero-order valence-electron chi connectivity index (χ0n) is 25.0. The molecule has 0 spiro atoms. The molecular weight excluding hydrogens is 534 g/mol. The van der Waals surface area contributed by atoms with Gasteiger partial charge in [0.15, 0.2) is 0 Å². The van der Waals surface area contributed by atoms with Gasteiger partial charge in [-0.05, 0) is 64.7 Å². The van der Waals surface area contributed by atoms with Crippen LogP contribution in [0.25, 0.3) is 10.9 Å². The summed E-state index contributed by atoms with van der Waals surface area (Å²) in [6.45, 7) is 8.92. The lowest BCUT2D eigenvalue weighted by Crippen LogP contribution is -2.61. The Morgan fingerprint density at radius 3 is 2.21 bits per heavy atom. The molecule has 2 aromatic carbocycles. The van der Waals surface area contributed by atoms with E-state index in [9.17, 15) is 19.2 Å². The first kappa shape index (κ1) is 30.6. The van der Waals surface area contributed by atoms with Crippen LogP contribution in [0.1, 0.15) is 58.6 Å². The second kappa shape index (κ2) is 11.9. The van der Waals surface area contributed by atoms with E-state index in [-0.39, 0.29) is 12.3 Å². The average molecular weight is 576 g/mol. The Morgan fingerprint density at radius 2 is 1.60 bits per heavy atom. The maximum atomic E-state index is 14.0. The Hall–Kier alpha value is -4.34. The molecule has 1 saturated heterocycles. The molecule has 3 aromatic rings. The van der Waals surface area contributed by atoms with E-state index in [2.05, 4.69) is 15.6 Å². The highest BCUT2D eigenvalue weighted by atomic mass is 16.6. The number of hydrogen-bond acceptors (Lipinski definition) is 5. The minimum absolute atomic E-state index is 0.229. The van der Waals surface area contributed by atoms with Crippen molar-refractivity contribution < 1.29 is 23.9 Å². The number of fused-ring (bicyclic) bond motifs is 1. The molecule has 5 N–H and O–H groups in total. The Morgan fingerprint density at radius 1 is 0.976 bits per heavy atom. The molecule has 4 rings (SSSR count). The monoisotopic (exact) mass is 575 g/mol. The number of nitrogens with two attached hydrogens (primary N) is 1. The van der Waals surface area contributed by atoms with E-state index in [1.54, 1.807) is 39.5 Å². The molecule has 1 unspecified atom stereocenters. The summed E-state index contributed by atoms with van der Waals surface area (Å²) in [5.74, 6) is -1.22. The quantitative estimate of drug-likeness (QED) is 0.324. The number of hydrogen-bond donors (Lipinski definition) is 4. The van der Waals surface area contributed by atoms with E-state index >= 15 is 0 Å². The number of alkyl carbamates (subject to hydrolysis) is 1. The maximum absolute atomic E-state index is 14.0. The summed E-state index contributed by atoms with van der Waals surface area (Å²) in [4.78, 5) is 57.6. The molecule has 1 aromatic heterocycles. The molecule has 1 atom stereocenters. The van der Waals surface area contributed by atoms with Crippen LogP contribution in [0.5, 0.6) is 0 Å². The van der Waals surface area contributed by atoms with Crippen LogP contribution in [-0.4, -0.2) is 64.0 Å². The third-order valence-corrected chi connectivity index (χ3v) is 7.81. The number of aromatic amines is 1. The number of carbonyl (C=O) groups excluding carboxylic acids is 4. The molecule has 0 radical (unpaired) electrons. The van der Waals surface area contributed by atoms with Gasteiger partial charge in [-0.2, -0.15) is 0 Å². The molecule has 0 bridgehead atoms. The molecular formula is C32H41N5O5. The molecule has 10 nitrogen and oxygen atoms in total. The van der Waals surface area contributed by atoms with Crippen LogP contribution in [0.3, 0.4) is 0 Å². The van der Waals surface area contributed by atoms with E-state index in [1.165, 1.54) is 0 Å². The van der Waals surface area contributed by atoms with Crippen molar-refractivity contribution in [3.63, 3.8) is 0 Å². The normalized spacial score (nSPS) is 16.0. The minimum atomic E-state index is -1.36. The zero-order valence-corrected chi connectivity index (χ0v) is 25.0. The number of piperidine rings is 1. The Bertz CT molecular complexity index is 1450. The van der Waals surface area contributed by atoms with Crippen molar-refractivity contribution in [1.29, 1.82) is 0 Å². The number of carbonyl (C=O) groups is 4. The molecule has 1 aliphatic rings. The number of para-hydroxylation sites is 1. The number of amides is 4. The number of benzene rings is 2. The van der Waals surface area contributed by atoms with Gasteiger partial charge >= 0.3 is 6.09 Å². The van der Waals surface area contributed by atoms with Crippen LogP contribution >= 0.6 is 0 Å². The summed E-state index contributed by atoms with van der Waals surface area (Å²) in [6, 6.07) is 16.2. The number of nitrogens with one attached hydrogen (secondary N) is 3. The predicted octanol–water partition coefficient (Wildman–Crippen LogP) is 3.54. The largest absolute Gasteiger partial charge is 0.444 e. The molecule has 0 aliphatic carbocycles. The third-order valence-electron chi connectivity index (χ3n) is 7.81. The number of ether oxygens (including phenoxy) is 1. The highest BCUT2D eigenvalue weighted by Crippen LogP contribution is 2.35. The van der Waals surface area contributed by atoms with Crippen molar-refractivity contribution in [2.75, 3.05) is 13.1 Å². The fraction of sp³-hybridized carbons (Fsp3) is 0.438. The number of nitrogens with zero attached hydrogens (tertiary/aromatic N) is 1. The lowest BCUT2D eigenvalue weighted by molar-refractivity contribution is -0.140. The van der Waals surface area contributed by atoms with Gasteiger partial charge in [-0.1, -0.05) is 48.5 Å². The molecule has 224 valence electrons. The van der Waals surface area contributed by atoms with Crippen molar-refractivity contribution in [1.82, 2.24) is 20.5 Å². The SMILES string of the molecule is CC(C)(C)OC(=O)NC(C)(C)C(=O)NC(Cc1c[nH]c2ccccc12)C(=O)N1CCC(C(N)=O)(c2ccccc2)CC1. The van der Waals surface area contributed by atoms with E-state index in [0.29, 0.717) is 25.9 Å². The Labute approximate surface area is 246 Å². The highest BCUT2D eigenvalue weighted by molar-refractivity contribution is 5.94. The van der Waals surface area contributed by atoms with Crippen LogP contribution in [0.2, 0.25) is 0 Å². The molecule has 1 fully saturated rings. The second-order valence-electron chi connectivity index (χ2n) is 12.5. The van der Waals surface area contributed by atoms with Crippen LogP contribution in [0.4, 0.5) is 4.79 Å². The highest BCUT2D eigenvalue weighted by Gasteiger charge is 2.44. The standard InChI is InChI=1S/C32H41N5O5/c1-30(2,3)42-29(41)36-31(4,5)28(40)35-25(19-21-20-34-24-14-10-9-13-23(21)24)26(38)37-17-15-32(16-18-37,27(33)39)22-11-7-6-8-12-22/h6-14,20,25,34H,15-19H2,1-5H3,(H2,33,39)(H,35,40)(H,36,41). The Kier molecular flexibility index (Phi) is 8.65. The average Bonchev–Trinajstić information content (AvgIpc) is 3.34. The molecule has 4 amide bonds. The number of rotatable bonds is 8. The topological polar surface area (TPSA) is 147 Å². The first-order chi connectivity index (χ1) is 19.7. The van der Waals surface area contributed by atoms with Crippen molar-refractivity contribution in [3.8, 4) is 0 Å². The minimum Gasteiger partial charge on any atom is -0.444 e. The predicted molar refractivity (Wildman–Crippen MR) is 161 cm³/mol. The third kappa shape index (κ3) is 6.75. The first-order valence-corrected chi connectivity index (χ1v) is 14.2. The summed E-state index contributed by atoms with van der Waals surface area (Å²) in [5, 5.41) is 6.46. The zero-order chi connectivity index (χ0) is 30.7. The lowest BCUT2D eigenvalue weighted by Gasteiger charge is -2.41. The van der Waals surface area contributed by atoms with Crippen LogP contribution in [0, 0.1) is 0 Å². The fourth-order valence-electron chi connectivity index (χ4n) is 5.44. The summed E-state index contributed by atoms with van der Waals surface area (Å²) in [5.41, 5.74) is 5.56. The van der Waals surface area contributed by atoms with Crippen molar-refractivity contribution >= 4 is 34.7 Å². The summed E-state index contributed by atoms with van der Waals surface area (Å²) >= 11 is 0. The van der Waals surface area contributed by atoms with Gasteiger partial charge in [0, 0.05) is 36.6 Å². The van der Waals surface area contributed by atoms with Crippen LogP contribution < -0.4 is 16.4 Å². The number of H-pyrrole nitrogens is 1. The fourth-order valence-corrected chi connectivity index (χ4v) is 5.44. The van der Waals surface area contributed by atoms with E-state index in [4.69, 9.17) is 10.5 Å². The van der Waals surface area contributed by atoms with Gasteiger partial charge in [0.1, 0.15) is 17.2 Å². The van der Waals surface area contributed by atoms with E-state index < -0.39 is 40.5 Å². The lowest BCUT2D eigenvalue weighted by atomic mass is 9.72. The Balaban J connectivity index is 1.56. The summed E-state index contributed by atoms with van der Waals surface area (Å²) < 4.78 is 5.33. The molecule has 10 heteroatoms. The van der Waals surface area contributed by atoms with Crippen molar-refractivity contribution in [2.45, 2.75) is 76.5 Å². The smallest absolute Gasteiger partial charge is 0.408 e. The van der Waals surface area contributed by atoms with Gasteiger partial charge in [-0.25, -0.2) is 4.79 Å².